The Morgan fingerprint density at radius 2 is 1.01 bits per heavy atom. The smallest absolute Gasteiger partial charge is 0.475 e. The van der Waals surface area contributed by atoms with Gasteiger partial charge in [0.25, 0.3) is 29.5 Å². The minimum absolute atomic E-state index is 0.0264. The van der Waals surface area contributed by atoms with Gasteiger partial charge in [0.1, 0.15) is 60.9 Å². The fraction of sp³-hybridized carbons (Fsp3) is 0.395. The van der Waals surface area contributed by atoms with Crippen LogP contribution in [0.15, 0.2) is 132 Å². The summed E-state index contributed by atoms with van der Waals surface area (Å²) in [4.78, 5) is 101. The van der Waals surface area contributed by atoms with Gasteiger partial charge >= 0.3 is 12.1 Å². The second kappa shape index (κ2) is 43.6. The molecule has 9 N–H and O–H groups in total. The zero-order chi connectivity index (χ0) is 95.2. The van der Waals surface area contributed by atoms with Crippen molar-refractivity contribution in [3.05, 3.63) is 178 Å². The average Bonchev–Trinajstić information content (AvgIpc) is 1.61. The van der Waals surface area contributed by atoms with Gasteiger partial charge in [-0.3, -0.25) is 68.0 Å². The van der Waals surface area contributed by atoms with E-state index in [-0.39, 0.29) is 88.7 Å². The summed E-state index contributed by atoms with van der Waals surface area (Å²) in [6.07, 6.45) is 24.9. The van der Waals surface area contributed by atoms with Crippen molar-refractivity contribution in [2.45, 2.75) is 179 Å². The van der Waals surface area contributed by atoms with E-state index in [0.29, 0.717) is 100.0 Å². The van der Waals surface area contributed by atoms with Gasteiger partial charge in [-0.25, -0.2) is 29.4 Å². The number of H-pyrrole nitrogens is 3. The Labute approximate surface area is 784 Å². The molecule has 0 bridgehead atoms. The monoisotopic (exact) mass is 1950 g/mol. The van der Waals surface area contributed by atoms with E-state index in [4.69, 9.17) is 49.5 Å². The van der Waals surface area contributed by atoms with Gasteiger partial charge in [-0.15, -0.1) is 45.3 Å². The zero-order valence-electron chi connectivity index (χ0n) is 74.0. The van der Waals surface area contributed by atoms with Crippen LogP contribution in [0.3, 0.4) is 0 Å². The maximum atomic E-state index is 15.0. The van der Waals surface area contributed by atoms with E-state index in [0.717, 1.165) is 104 Å². The molecule has 5 amide bonds. The highest BCUT2D eigenvalue weighted by atomic mass is 32.1. The number of ether oxygens (including phenoxy) is 5. The van der Waals surface area contributed by atoms with E-state index < -0.39 is 55.7 Å². The number of primary amides is 1. The van der Waals surface area contributed by atoms with Gasteiger partial charge in [-0.05, 0) is 122 Å². The Balaban J connectivity index is 0.000000135. The number of aliphatic carboxylic acids is 1. The molecular weight excluding hydrogens is 1850 g/mol. The number of hydrogen-bond acceptors (Lipinski definition) is 29. The number of carbonyl (C=O) groups excluding carboxylic acids is 5. The lowest BCUT2D eigenvalue weighted by Crippen LogP contribution is -2.38. The molecule has 0 aromatic carbocycles. The number of aromatic nitrogens is 22. The standard InChI is InChI=1S/C27H34FN7O3SSi.C21H20FN7O2S.C19H22N6O2S.C17H19N7O3S.C2HF3O2/c1-5-38-19-12-18(13-19)34-15-22(24(33-34)21-8-6-7-9-29-21)31-26(36)23-16-39-27(32-23)20-14-30-35(25(20)28)17-37-10-11-40(2,3)4;1-2-31-13-7-12(8-13)29-10-16(18(28-29)15-5-3-4-6-23-15)25-20(30)17-11-32-21(26-17)14-9-24-27-19(14)22;1-2-27-14-6-13(7-14)25-16-4-3-5-24(17(16)10-22-25)19(26)15-11-28-18(23-15)12-8-20-21-9-12;1-2-27-11-3-10(4-11)24-7-12(14(23-24)15(18)25)21-16(26)13-8-28-17(22-13)9-5-19-20-6-9;3-2(4,5)1(6)7/h6-9,14-16,18-19H,5,10-13,17H2,1-4H3,(H,31,36);3-6,9-13H,2,7-8H2,1H3,(H,24,27)(H,25,30);8-11,13-14H,2-7H2,1H3,(H,20,21);5-8,10-11H,2-4H2,1H3,(H2,18,25)(H,19,20)(H,21,26);(H,6,7). The van der Waals surface area contributed by atoms with Crippen molar-refractivity contribution < 1.29 is 79.5 Å². The van der Waals surface area contributed by atoms with Crippen molar-refractivity contribution in [2.75, 3.05) is 60.4 Å². The third-order valence-corrected chi connectivity index (χ3v) is 27.5. The fourth-order valence-electron chi connectivity index (χ4n) is 15.0. The molecule has 4 fully saturated rings. The molecule has 135 heavy (non-hydrogen) atoms. The number of nitrogens with zero attached hydrogens (tertiary/aromatic N) is 20. The molecule has 710 valence electrons. The fourth-order valence-corrected chi connectivity index (χ4v) is 18.9. The van der Waals surface area contributed by atoms with Crippen molar-refractivity contribution in [3.63, 3.8) is 0 Å². The van der Waals surface area contributed by atoms with Crippen LogP contribution in [0.4, 0.5) is 44.7 Å². The van der Waals surface area contributed by atoms with Crippen LogP contribution in [0.25, 0.3) is 65.1 Å². The minimum Gasteiger partial charge on any atom is -0.475 e. The third-order valence-electron chi connectivity index (χ3n) is 22.3. The van der Waals surface area contributed by atoms with Crippen molar-refractivity contribution in [1.82, 2.24) is 109 Å². The summed E-state index contributed by atoms with van der Waals surface area (Å²) in [6, 6.07) is 13.0. The molecule has 0 atom stereocenters. The second-order valence-corrected chi connectivity index (χ2v) is 41.8. The number of aromatic amines is 3. The SMILES string of the molecule is CCOC1CC(n2cc(NC(=O)c3csc(-c4cn[nH]c4)n3)c(C(N)=O)n2)C1.CCOC1CC(n2cc(NC(=O)c3csc(-c4cn[nH]c4F)n3)c(-c3ccccn3)n2)C1.CCOC1CC(n2cc(NC(=O)c3csc(-c4cnn(COCC[Si](C)(C)C)c4F)n3)c(-c3ccccn3)n2)C1.CCOC1CC(n2ncc3c2CCCN3C(=O)c2csc(-c3cn[nH]c3)n2)C1.O=C(O)C(F)(F)F. The number of halogens is 5. The Morgan fingerprint density at radius 3 is 1.46 bits per heavy atom. The number of carbonyl (C=O) groups is 6. The molecule has 49 heteroatoms. The lowest BCUT2D eigenvalue weighted by Gasteiger charge is -2.37. The zero-order valence-corrected chi connectivity index (χ0v) is 78.3. The van der Waals surface area contributed by atoms with Crippen LogP contribution in [-0.2, 0) is 41.6 Å². The Kier molecular flexibility index (Phi) is 31.2. The molecule has 19 rings (SSSR count). The molecular formula is C86H96F5N27O12S4Si. The van der Waals surface area contributed by atoms with E-state index in [9.17, 15) is 41.5 Å². The molecule has 14 aromatic rings. The first kappa shape index (κ1) is 96.6. The number of nitrogens with two attached hydrogens (primary N) is 1. The van der Waals surface area contributed by atoms with Crippen LogP contribution in [-0.4, -0.2) is 228 Å². The number of carboxylic acids is 1. The molecule has 0 saturated heterocycles. The quantitative estimate of drug-likeness (QED) is 0.0114. The van der Waals surface area contributed by atoms with E-state index in [2.05, 4.69) is 116 Å². The van der Waals surface area contributed by atoms with E-state index >= 15 is 4.39 Å². The molecule has 4 aliphatic carbocycles. The van der Waals surface area contributed by atoms with Crippen LogP contribution < -0.4 is 26.6 Å². The highest BCUT2D eigenvalue weighted by Gasteiger charge is 2.41. The Hall–Kier alpha value is -13.0. The first-order chi connectivity index (χ1) is 65.1. The van der Waals surface area contributed by atoms with Crippen LogP contribution in [0, 0.1) is 11.9 Å². The summed E-state index contributed by atoms with van der Waals surface area (Å²) in [6.45, 7) is 18.8. The maximum absolute atomic E-state index is 15.0. The molecule has 14 aromatic heterocycles. The number of anilines is 4. The topological polar surface area (TPSA) is 487 Å². The molecule has 0 unspecified atom stereocenters. The predicted molar refractivity (Wildman–Crippen MR) is 493 cm³/mol. The number of amides is 5. The van der Waals surface area contributed by atoms with Crippen molar-refractivity contribution >= 4 is 112 Å². The van der Waals surface area contributed by atoms with Gasteiger partial charge in [-0.2, -0.15) is 62.7 Å². The van der Waals surface area contributed by atoms with Gasteiger partial charge in [0.15, 0.2) is 5.69 Å². The molecule has 1 aliphatic heterocycles. The number of hydrogen-bond donors (Lipinski definition) is 8. The summed E-state index contributed by atoms with van der Waals surface area (Å²) >= 11 is 5.13. The van der Waals surface area contributed by atoms with Gasteiger partial charge in [0.2, 0.25) is 11.9 Å². The first-order valence-electron chi connectivity index (χ1n) is 43.3. The highest BCUT2D eigenvalue weighted by molar-refractivity contribution is 7.14. The van der Waals surface area contributed by atoms with Crippen LogP contribution >= 0.6 is 45.3 Å². The molecule has 5 aliphatic rings. The lowest BCUT2D eigenvalue weighted by molar-refractivity contribution is -0.192. The normalized spacial score (nSPS) is 18.2. The third kappa shape index (κ3) is 23.7. The van der Waals surface area contributed by atoms with Crippen molar-refractivity contribution in [1.29, 1.82) is 0 Å². The molecule has 0 radical (unpaired) electrons. The molecule has 15 heterocycles. The largest absolute Gasteiger partial charge is 0.490 e. The van der Waals surface area contributed by atoms with Crippen molar-refractivity contribution in [2.24, 2.45) is 5.73 Å². The summed E-state index contributed by atoms with van der Waals surface area (Å²) in [5, 5.41) is 66.1. The second-order valence-electron chi connectivity index (χ2n) is 32.8. The van der Waals surface area contributed by atoms with Gasteiger partial charge in [-0.1, -0.05) is 31.8 Å². The van der Waals surface area contributed by atoms with E-state index in [1.165, 1.54) is 62.4 Å². The average molecular weight is 1950 g/mol. The number of thiazole rings is 4. The molecule has 4 saturated carbocycles. The van der Waals surface area contributed by atoms with E-state index in [1.807, 2.05) is 102 Å². The van der Waals surface area contributed by atoms with Crippen LogP contribution in [0.5, 0.6) is 0 Å². The van der Waals surface area contributed by atoms with Crippen LogP contribution in [0.2, 0.25) is 25.7 Å². The van der Waals surface area contributed by atoms with E-state index in [1.54, 1.807) is 64.2 Å². The Morgan fingerprint density at radius 1 is 0.563 bits per heavy atom. The van der Waals surface area contributed by atoms with Crippen LogP contribution in [0.1, 0.15) is 168 Å². The number of rotatable bonds is 31. The summed E-state index contributed by atoms with van der Waals surface area (Å²) in [7, 11) is -1.23. The van der Waals surface area contributed by atoms with Crippen molar-refractivity contribution in [3.8, 4) is 65.1 Å². The summed E-state index contributed by atoms with van der Waals surface area (Å²) < 4.78 is 97.4. The minimum atomic E-state index is -5.08. The molecule has 39 nitrogen and oxygen atoms in total. The predicted octanol–water partition coefficient (Wildman–Crippen LogP) is 15.1. The summed E-state index contributed by atoms with van der Waals surface area (Å²) in [5.41, 5.74) is 14.6. The van der Waals surface area contributed by atoms with Gasteiger partial charge in [0, 0.05) is 124 Å². The number of nitrogens with one attached hydrogen (secondary N) is 6. The summed E-state index contributed by atoms with van der Waals surface area (Å²) in [5.74, 6) is -5.91. The highest BCUT2D eigenvalue weighted by Crippen LogP contribution is 2.43. The number of alkyl halides is 3. The first-order valence-corrected chi connectivity index (χ1v) is 50.6. The lowest BCUT2D eigenvalue weighted by atomic mass is 9.89. The molecule has 0 spiro atoms. The maximum Gasteiger partial charge on any atom is 0.490 e. The van der Waals surface area contributed by atoms with Gasteiger partial charge in [0.05, 0.1) is 131 Å². The van der Waals surface area contributed by atoms with Gasteiger partial charge < -0.3 is 55.4 Å². The number of carboxylic acid groups (broad SMARTS) is 1. The number of pyridine rings is 2. The Bertz CT molecular complexity index is 6340. The number of fused-ring (bicyclic) bond motifs is 1.